The van der Waals surface area contributed by atoms with Gasteiger partial charge in [0.15, 0.2) is 0 Å². The highest BCUT2D eigenvalue weighted by Gasteiger charge is 2.28. The zero-order valence-electron chi connectivity index (χ0n) is 15.3. The Morgan fingerprint density at radius 2 is 2.04 bits per heavy atom. The summed E-state index contributed by atoms with van der Waals surface area (Å²) in [6, 6.07) is 10.5. The number of aliphatic hydroxyl groups is 2. The molecule has 0 unspecified atom stereocenters. The molecule has 0 bridgehead atoms. The van der Waals surface area contributed by atoms with Crippen molar-refractivity contribution in [1.29, 1.82) is 0 Å². The topological polar surface area (TPSA) is 130 Å². The number of nitrogens with one attached hydrogen (secondary N) is 1. The van der Waals surface area contributed by atoms with E-state index >= 15 is 0 Å². The number of pyridine rings is 1. The van der Waals surface area contributed by atoms with E-state index in [0.717, 1.165) is 5.69 Å². The molecule has 0 saturated heterocycles. The van der Waals surface area contributed by atoms with Gasteiger partial charge in [0.2, 0.25) is 0 Å². The Kier molecular flexibility index (Phi) is 6.86. The van der Waals surface area contributed by atoms with Gasteiger partial charge in [-0.05, 0) is 37.3 Å². The number of ether oxygens (including phenoxy) is 1. The quantitative estimate of drug-likeness (QED) is 0.395. The van der Waals surface area contributed by atoms with E-state index in [4.69, 9.17) is 10.5 Å². The van der Waals surface area contributed by atoms with Crippen molar-refractivity contribution >= 4 is 17.3 Å². The van der Waals surface area contributed by atoms with Crippen LogP contribution in [-0.2, 0) is 11.4 Å². The number of hydrogen-bond acceptors (Lipinski definition) is 7. The average molecular weight is 372 g/mol. The first-order valence-electron chi connectivity index (χ1n) is 8.36. The van der Waals surface area contributed by atoms with Crippen LogP contribution in [0.3, 0.4) is 0 Å². The number of benzene rings is 1. The molecule has 0 atom stereocenters. The number of hydrogen-bond donors (Lipinski definition) is 4. The van der Waals surface area contributed by atoms with Gasteiger partial charge in [-0.15, -0.1) is 0 Å². The molecule has 5 N–H and O–H groups in total. The summed E-state index contributed by atoms with van der Waals surface area (Å²) in [4.78, 5) is 20.8. The highest BCUT2D eigenvalue weighted by Crippen LogP contribution is 2.22. The number of aliphatic hydroxyl groups excluding tert-OH is 2. The van der Waals surface area contributed by atoms with E-state index in [1.807, 2.05) is 18.2 Å². The molecule has 27 heavy (non-hydrogen) atoms. The number of aromatic nitrogens is 1. The first kappa shape index (κ1) is 20.3. The Balaban J connectivity index is 2.21. The standard InChI is InChI=1S/C19H24N4O4/c1-19(11-24,12-25)23-18(26)17(21-2)15-9-14(6-7-16(15)20)27-10-13-5-3-4-8-22-13/h3-9,24-25H,10-12,20H2,1-2H3,(H,23,26). The van der Waals surface area contributed by atoms with Gasteiger partial charge in [0.25, 0.3) is 5.91 Å². The Bertz CT molecular complexity index is 805. The molecular weight excluding hydrogens is 348 g/mol. The van der Waals surface area contributed by atoms with Gasteiger partial charge in [-0.2, -0.15) is 0 Å². The molecule has 0 spiro atoms. The molecule has 1 aromatic heterocycles. The van der Waals surface area contributed by atoms with Crippen molar-refractivity contribution in [3.05, 3.63) is 53.9 Å². The molecule has 144 valence electrons. The van der Waals surface area contributed by atoms with E-state index < -0.39 is 24.7 Å². The van der Waals surface area contributed by atoms with Crippen molar-refractivity contribution in [1.82, 2.24) is 10.3 Å². The second kappa shape index (κ2) is 9.11. The lowest BCUT2D eigenvalue weighted by Gasteiger charge is -2.26. The second-order valence-corrected chi connectivity index (χ2v) is 6.26. The maximum absolute atomic E-state index is 12.6. The van der Waals surface area contributed by atoms with E-state index in [1.54, 1.807) is 24.4 Å². The van der Waals surface area contributed by atoms with Gasteiger partial charge in [-0.3, -0.25) is 14.8 Å². The summed E-state index contributed by atoms with van der Waals surface area (Å²) in [7, 11) is 1.46. The van der Waals surface area contributed by atoms with E-state index in [9.17, 15) is 15.0 Å². The molecule has 0 radical (unpaired) electrons. The number of carbonyl (C=O) groups excluding carboxylic acids is 1. The van der Waals surface area contributed by atoms with E-state index in [1.165, 1.54) is 14.0 Å². The fourth-order valence-corrected chi connectivity index (χ4v) is 2.28. The molecule has 8 heteroatoms. The molecule has 2 aromatic rings. The maximum atomic E-state index is 12.6. The van der Waals surface area contributed by atoms with Gasteiger partial charge in [-0.1, -0.05) is 6.07 Å². The molecule has 1 amide bonds. The molecule has 0 aliphatic heterocycles. The van der Waals surface area contributed by atoms with Crippen LogP contribution in [0.25, 0.3) is 0 Å². The maximum Gasteiger partial charge on any atom is 0.270 e. The van der Waals surface area contributed by atoms with E-state index in [-0.39, 0.29) is 12.3 Å². The summed E-state index contributed by atoms with van der Waals surface area (Å²) in [6.07, 6.45) is 1.68. The highest BCUT2D eigenvalue weighted by molar-refractivity contribution is 6.46. The molecule has 1 aromatic carbocycles. The minimum atomic E-state index is -1.17. The van der Waals surface area contributed by atoms with Gasteiger partial charge in [0.1, 0.15) is 18.1 Å². The second-order valence-electron chi connectivity index (χ2n) is 6.26. The molecule has 1 heterocycles. The van der Waals surface area contributed by atoms with Gasteiger partial charge in [0, 0.05) is 24.5 Å². The molecule has 0 aliphatic rings. The van der Waals surface area contributed by atoms with Gasteiger partial charge in [0.05, 0.1) is 24.4 Å². The summed E-state index contributed by atoms with van der Waals surface area (Å²) in [6.45, 7) is 0.944. The number of nitrogens with zero attached hydrogens (tertiary/aromatic N) is 2. The number of amides is 1. The van der Waals surface area contributed by atoms with Crippen LogP contribution in [0.1, 0.15) is 18.2 Å². The zero-order chi connectivity index (χ0) is 19.9. The smallest absolute Gasteiger partial charge is 0.270 e. The van der Waals surface area contributed by atoms with Crippen LogP contribution in [0.5, 0.6) is 5.75 Å². The third kappa shape index (κ3) is 5.25. The SMILES string of the molecule is CN=C(C(=O)NC(C)(CO)CO)c1cc(OCc2ccccn2)ccc1N. The number of aliphatic imine (C=N–C) groups is 1. The van der Waals surface area contributed by atoms with Gasteiger partial charge >= 0.3 is 0 Å². The Morgan fingerprint density at radius 3 is 2.63 bits per heavy atom. The van der Waals surface area contributed by atoms with Crippen molar-refractivity contribution in [3.8, 4) is 5.75 Å². The fourth-order valence-electron chi connectivity index (χ4n) is 2.28. The number of nitrogens with two attached hydrogens (primary N) is 1. The van der Waals surface area contributed by atoms with Gasteiger partial charge < -0.3 is 26.0 Å². The van der Waals surface area contributed by atoms with Crippen molar-refractivity contribution in [2.24, 2.45) is 4.99 Å². The van der Waals surface area contributed by atoms with Crippen LogP contribution in [-0.4, -0.2) is 52.6 Å². The van der Waals surface area contributed by atoms with Crippen LogP contribution in [0.4, 0.5) is 5.69 Å². The molecule has 8 nitrogen and oxygen atoms in total. The predicted molar refractivity (Wildman–Crippen MR) is 103 cm³/mol. The van der Waals surface area contributed by atoms with Crippen molar-refractivity contribution in [2.45, 2.75) is 19.1 Å². The third-order valence-corrected chi connectivity index (χ3v) is 3.94. The Morgan fingerprint density at radius 1 is 1.30 bits per heavy atom. The predicted octanol–water partition coefficient (Wildman–Crippen LogP) is 0.521. The number of nitrogen functional groups attached to an aromatic ring is 1. The first-order chi connectivity index (χ1) is 12.9. The van der Waals surface area contributed by atoms with Crippen molar-refractivity contribution in [2.75, 3.05) is 26.0 Å². The monoisotopic (exact) mass is 372 g/mol. The van der Waals surface area contributed by atoms with Crippen LogP contribution >= 0.6 is 0 Å². The fraction of sp³-hybridized carbons (Fsp3) is 0.316. The molecule has 0 fully saturated rings. The number of rotatable bonds is 8. The summed E-state index contributed by atoms with van der Waals surface area (Å²) in [5, 5.41) is 21.3. The Hall–Kier alpha value is -2.97. The average Bonchev–Trinajstić information content (AvgIpc) is 2.69. The van der Waals surface area contributed by atoms with E-state index in [2.05, 4.69) is 15.3 Å². The Labute approximate surface area is 157 Å². The summed E-state index contributed by atoms with van der Waals surface area (Å²) < 4.78 is 5.72. The number of anilines is 1. The minimum Gasteiger partial charge on any atom is -0.487 e. The third-order valence-electron chi connectivity index (χ3n) is 3.94. The minimum absolute atomic E-state index is 0.0731. The van der Waals surface area contributed by atoms with Crippen LogP contribution < -0.4 is 15.8 Å². The largest absolute Gasteiger partial charge is 0.487 e. The first-order valence-corrected chi connectivity index (χ1v) is 8.36. The van der Waals surface area contributed by atoms with Crippen molar-refractivity contribution < 1.29 is 19.7 Å². The lowest BCUT2D eigenvalue weighted by molar-refractivity contribution is -0.117. The van der Waals surface area contributed by atoms with Crippen LogP contribution in [0.2, 0.25) is 0 Å². The lowest BCUT2D eigenvalue weighted by atomic mass is 10.0. The zero-order valence-corrected chi connectivity index (χ0v) is 15.3. The normalized spacial score (nSPS) is 11.9. The summed E-state index contributed by atoms with van der Waals surface area (Å²) >= 11 is 0. The van der Waals surface area contributed by atoms with E-state index in [0.29, 0.717) is 17.0 Å². The number of carbonyl (C=O) groups is 1. The van der Waals surface area contributed by atoms with Gasteiger partial charge in [-0.25, -0.2) is 0 Å². The summed E-state index contributed by atoms with van der Waals surface area (Å²) in [5.41, 5.74) is 6.42. The molecule has 0 saturated carbocycles. The molecular formula is C19H24N4O4. The van der Waals surface area contributed by atoms with Crippen LogP contribution in [0, 0.1) is 0 Å². The highest BCUT2D eigenvalue weighted by atomic mass is 16.5. The lowest BCUT2D eigenvalue weighted by Crippen LogP contribution is -2.53. The molecule has 2 rings (SSSR count). The summed E-state index contributed by atoms with van der Waals surface area (Å²) in [5.74, 6) is -0.0532. The van der Waals surface area contributed by atoms with Crippen molar-refractivity contribution in [3.63, 3.8) is 0 Å². The molecule has 0 aliphatic carbocycles. The van der Waals surface area contributed by atoms with Crippen LogP contribution in [0.15, 0.2) is 47.6 Å².